The fraction of sp³-hybridized carbons (Fsp3) is 0.385. The predicted molar refractivity (Wildman–Crippen MR) is 64.5 cm³/mol. The van der Waals surface area contributed by atoms with E-state index >= 15 is 0 Å². The van der Waals surface area contributed by atoms with Crippen LogP contribution >= 0.6 is 0 Å². The lowest BCUT2D eigenvalue weighted by molar-refractivity contribution is 0.0772. The van der Waals surface area contributed by atoms with E-state index in [2.05, 4.69) is 47.4 Å². The van der Waals surface area contributed by atoms with Gasteiger partial charge >= 0.3 is 0 Å². The minimum absolute atomic E-state index is 0.333. The quantitative estimate of drug-likeness (QED) is 0.787. The molecule has 1 aliphatic heterocycles. The van der Waals surface area contributed by atoms with E-state index in [1.165, 1.54) is 16.5 Å². The van der Waals surface area contributed by atoms with Gasteiger partial charge in [-0.15, -0.1) is 0 Å². The lowest BCUT2D eigenvalue weighted by atomic mass is 10.1. The largest absolute Gasteiger partial charge is 0.378 e. The van der Waals surface area contributed by atoms with Crippen LogP contribution in [0.4, 0.5) is 0 Å². The smallest absolute Gasteiger partial charge is 0.0662 e. The van der Waals surface area contributed by atoms with E-state index in [-0.39, 0.29) is 0 Å². The summed E-state index contributed by atoms with van der Waals surface area (Å²) in [6, 6.07) is 8.84. The number of morpholine rings is 1. The van der Waals surface area contributed by atoms with Gasteiger partial charge in [0.2, 0.25) is 0 Å². The number of ether oxygens (including phenoxy) is 1. The molecular formula is C13H16N2O. The van der Waals surface area contributed by atoms with Crippen LogP contribution in [0.2, 0.25) is 0 Å². The number of aromatic nitrogens is 1. The number of para-hydroxylation sites is 1. The molecule has 1 aliphatic rings. The van der Waals surface area contributed by atoms with E-state index in [0.29, 0.717) is 6.04 Å². The van der Waals surface area contributed by atoms with Crippen LogP contribution in [0.5, 0.6) is 0 Å². The molecule has 84 valence electrons. The number of fused-ring (bicyclic) bond motifs is 1. The number of nitrogens with zero attached hydrogens (tertiary/aromatic N) is 1. The summed E-state index contributed by atoms with van der Waals surface area (Å²) in [5.74, 6) is 0. The predicted octanol–water partition coefficient (Wildman–Crippen LogP) is 1.84. The lowest BCUT2D eigenvalue weighted by Gasteiger charge is -2.23. The van der Waals surface area contributed by atoms with Crippen molar-refractivity contribution in [3.05, 3.63) is 36.0 Å². The number of aryl methyl sites for hydroxylation is 1. The highest BCUT2D eigenvalue weighted by atomic mass is 16.5. The highest BCUT2D eigenvalue weighted by molar-refractivity contribution is 5.84. The average molecular weight is 216 g/mol. The molecule has 1 aromatic carbocycles. The number of hydrogen-bond donors (Lipinski definition) is 1. The van der Waals surface area contributed by atoms with Gasteiger partial charge < -0.3 is 14.6 Å². The first-order valence-electron chi connectivity index (χ1n) is 5.71. The third-order valence-corrected chi connectivity index (χ3v) is 3.22. The monoisotopic (exact) mass is 216 g/mol. The van der Waals surface area contributed by atoms with Gasteiger partial charge in [-0.25, -0.2) is 0 Å². The van der Waals surface area contributed by atoms with Crippen molar-refractivity contribution in [3.8, 4) is 0 Å². The molecular weight excluding hydrogens is 200 g/mol. The van der Waals surface area contributed by atoms with Crippen LogP contribution < -0.4 is 5.32 Å². The molecule has 16 heavy (non-hydrogen) atoms. The van der Waals surface area contributed by atoms with E-state index in [0.717, 1.165) is 19.8 Å². The van der Waals surface area contributed by atoms with Gasteiger partial charge in [0.05, 0.1) is 19.3 Å². The number of rotatable bonds is 1. The molecule has 0 saturated carbocycles. The Morgan fingerprint density at radius 3 is 3.06 bits per heavy atom. The number of nitrogens with one attached hydrogen (secondary N) is 1. The molecule has 1 atom stereocenters. The maximum atomic E-state index is 5.52. The fourth-order valence-corrected chi connectivity index (χ4v) is 2.42. The van der Waals surface area contributed by atoms with Crippen molar-refractivity contribution in [2.24, 2.45) is 7.05 Å². The molecule has 1 fully saturated rings. The number of benzene rings is 1. The van der Waals surface area contributed by atoms with Gasteiger partial charge in [-0.3, -0.25) is 0 Å². The van der Waals surface area contributed by atoms with Crippen LogP contribution in [0.15, 0.2) is 30.5 Å². The van der Waals surface area contributed by atoms with Gasteiger partial charge in [0.25, 0.3) is 0 Å². The molecule has 0 amide bonds. The summed E-state index contributed by atoms with van der Waals surface area (Å²) in [6.07, 6.45) is 2.21. The van der Waals surface area contributed by atoms with E-state index in [9.17, 15) is 0 Å². The average Bonchev–Trinajstić information content (AvgIpc) is 2.69. The van der Waals surface area contributed by atoms with Gasteiger partial charge in [-0.05, 0) is 11.6 Å². The summed E-state index contributed by atoms with van der Waals surface area (Å²) in [5, 5.41) is 4.83. The lowest BCUT2D eigenvalue weighted by Crippen LogP contribution is -2.34. The summed E-state index contributed by atoms with van der Waals surface area (Å²) in [4.78, 5) is 0. The molecule has 1 aromatic heterocycles. The molecule has 0 aliphatic carbocycles. The van der Waals surface area contributed by atoms with Gasteiger partial charge in [0, 0.05) is 30.7 Å². The van der Waals surface area contributed by atoms with Crippen molar-refractivity contribution in [1.29, 1.82) is 0 Å². The molecule has 0 spiro atoms. The van der Waals surface area contributed by atoms with Crippen LogP contribution in [0.3, 0.4) is 0 Å². The van der Waals surface area contributed by atoms with E-state index in [4.69, 9.17) is 4.74 Å². The number of hydrogen-bond acceptors (Lipinski definition) is 2. The Hall–Kier alpha value is -1.32. The molecule has 3 rings (SSSR count). The van der Waals surface area contributed by atoms with E-state index in [1.54, 1.807) is 0 Å². The first-order chi connectivity index (χ1) is 7.86. The Morgan fingerprint density at radius 1 is 1.38 bits per heavy atom. The third-order valence-electron chi connectivity index (χ3n) is 3.22. The standard InChI is InChI=1S/C13H16N2O/c1-15-8-11(12-9-16-7-6-14-12)10-4-2-3-5-13(10)15/h2-5,8,12,14H,6-7,9H2,1H3/t12-/m0/s1. The third kappa shape index (κ3) is 1.52. The van der Waals surface area contributed by atoms with Crippen LogP contribution in [0.25, 0.3) is 10.9 Å². The second kappa shape index (κ2) is 3.92. The van der Waals surface area contributed by atoms with Gasteiger partial charge in [-0.2, -0.15) is 0 Å². The summed E-state index contributed by atoms with van der Waals surface area (Å²) >= 11 is 0. The molecule has 0 unspecified atom stereocenters. The highest BCUT2D eigenvalue weighted by Crippen LogP contribution is 2.26. The van der Waals surface area contributed by atoms with E-state index in [1.807, 2.05) is 0 Å². The highest BCUT2D eigenvalue weighted by Gasteiger charge is 2.19. The van der Waals surface area contributed by atoms with Crippen molar-refractivity contribution in [2.75, 3.05) is 19.8 Å². The normalized spacial score (nSPS) is 21.4. The molecule has 0 bridgehead atoms. The minimum atomic E-state index is 0.333. The zero-order valence-corrected chi connectivity index (χ0v) is 9.44. The van der Waals surface area contributed by atoms with Crippen molar-refractivity contribution >= 4 is 10.9 Å². The topological polar surface area (TPSA) is 26.2 Å². The zero-order valence-electron chi connectivity index (χ0n) is 9.44. The molecule has 2 aromatic rings. The Balaban J connectivity index is 2.08. The van der Waals surface area contributed by atoms with Crippen LogP contribution in [-0.2, 0) is 11.8 Å². The zero-order chi connectivity index (χ0) is 11.0. The Kier molecular flexibility index (Phi) is 2.42. The van der Waals surface area contributed by atoms with Crippen molar-refractivity contribution in [2.45, 2.75) is 6.04 Å². The van der Waals surface area contributed by atoms with E-state index < -0.39 is 0 Å². The molecule has 0 radical (unpaired) electrons. The SMILES string of the molecule is Cn1cc([C@@H]2COCCN2)c2ccccc21. The Bertz CT molecular complexity index is 498. The first kappa shape index (κ1) is 9.87. The molecule has 3 heteroatoms. The van der Waals surface area contributed by atoms with Crippen molar-refractivity contribution in [3.63, 3.8) is 0 Å². The molecule has 2 heterocycles. The minimum Gasteiger partial charge on any atom is -0.378 e. The molecule has 1 N–H and O–H groups in total. The van der Waals surface area contributed by atoms with Crippen LogP contribution in [-0.4, -0.2) is 24.3 Å². The van der Waals surface area contributed by atoms with Gasteiger partial charge in [-0.1, -0.05) is 18.2 Å². The summed E-state index contributed by atoms with van der Waals surface area (Å²) < 4.78 is 7.70. The summed E-state index contributed by atoms with van der Waals surface area (Å²) in [5.41, 5.74) is 2.63. The van der Waals surface area contributed by atoms with Crippen molar-refractivity contribution in [1.82, 2.24) is 9.88 Å². The second-order valence-corrected chi connectivity index (χ2v) is 4.29. The molecule has 1 saturated heterocycles. The molecule has 3 nitrogen and oxygen atoms in total. The maximum Gasteiger partial charge on any atom is 0.0662 e. The second-order valence-electron chi connectivity index (χ2n) is 4.29. The fourth-order valence-electron chi connectivity index (χ4n) is 2.42. The summed E-state index contributed by atoms with van der Waals surface area (Å²) in [6.45, 7) is 2.53. The summed E-state index contributed by atoms with van der Waals surface area (Å²) in [7, 11) is 2.09. The first-order valence-corrected chi connectivity index (χ1v) is 5.71. The van der Waals surface area contributed by atoms with Gasteiger partial charge in [0.1, 0.15) is 0 Å². The van der Waals surface area contributed by atoms with Crippen LogP contribution in [0, 0.1) is 0 Å². The van der Waals surface area contributed by atoms with Crippen molar-refractivity contribution < 1.29 is 4.74 Å². The Morgan fingerprint density at radius 2 is 2.25 bits per heavy atom. The van der Waals surface area contributed by atoms with Crippen LogP contribution in [0.1, 0.15) is 11.6 Å². The Labute approximate surface area is 95.0 Å². The maximum absolute atomic E-state index is 5.52. The van der Waals surface area contributed by atoms with Gasteiger partial charge in [0.15, 0.2) is 0 Å².